The molecule has 0 spiro atoms. The molecule has 3 aromatic rings. The van der Waals surface area contributed by atoms with Crippen molar-refractivity contribution < 1.29 is 17.9 Å². The predicted octanol–water partition coefficient (Wildman–Crippen LogP) is 2.27. The number of methoxy groups -OCH3 is 1. The highest BCUT2D eigenvalue weighted by atomic mass is 35.5. The Morgan fingerprint density at radius 1 is 1.18 bits per heavy atom. The third kappa shape index (κ3) is 6.90. The Bertz CT molecular complexity index is 1230. The van der Waals surface area contributed by atoms with E-state index < -0.39 is 9.84 Å². The van der Waals surface area contributed by atoms with Crippen LogP contribution in [0.2, 0.25) is 5.02 Å². The van der Waals surface area contributed by atoms with Crippen LogP contribution in [-0.2, 0) is 29.2 Å². The average molecular weight is 493 g/mol. The van der Waals surface area contributed by atoms with Gasteiger partial charge in [-0.3, -0.25) is 9.48 Å². The van der Waals surface area contributed by atoms with Gasteiger partial charge in [0.1, 0.15) is 15.6 Å². The van der Waals surface area contributed by atoms with Crippen LogP contribution in [0.15, 0.2) is 36.9 Å². The number of carbonyl (C=O) groups is 1. The summed E-state index contributed by atoms with van der Waals surface area (Å²) in [6, 6.07) is 3.36. The number of anilines is 2. The Balaban J connectivity index is 1.63. The van der Waals surface area contributed by atoms with Gasteiger partial charge in [-0.1, -0.05) is 11.6 Å². The summed E-state index contributed by atoms with van der Waals surface area (Å²) in [5.41, 5.74) is 2.81. The number of amides is 1. The Kier molecular flexibility index (Phi) is 7.88. The molecule has 0 aliphatic carbocycles. The van der Waals surface area contributed by atoms with E-state index in [4.69, 9.17) is 16.3 Å². The quantitative estimate of drug-likeness (QED) is 0.441. The van der Waals surface area contributed by atoms with Gasteiger partial charge in [0.2, 0.25) is 5.95 Å². The molecule has 0 saturated heterocycles. The van der Waals surface area contributed by atoms with Crippen molar-refractivity contribution in [3.05, 3.63) is 58.6 Å². The third-order valence-corrected chi connectivity index (χ3v) is 6.15. The summed E-state index contributed by atoms with van der Waals surface area (Å²) in [4.78, 5) is 20.7. The molecule has 0 saturated carbocycles. The van der Waals surface area contributed by atoms with Gasteiger partial charge in [0.05, 0.1) is 36.3 Å². The SMILES string of the molecule is CNC(=O)c1cc(CCc2cnc(Nc3cnn(CCS(C)(=O)=O)c3)nc2)c(Cl)c(OC)c1. The summed E-state index contributed by atoms with van der Waals surface area (Å²) in [6.07, 6.45) is 9.06. The molecule has 0 bridgehead atoms. The largest absolute Gasteiger partial charge is 0.495 e. The fourth-order valence-corrected chi connectivity index (χ4v) is 3.83. The highest BCUT2D eigenvalue weighted by molar-refractivity contribution is 7.90. The van der Waals surface area contributed by atoms with Gasteiger partial charge in [0.15, 0.2) is 0 Å². The van der Waals surface area contributed by atoms with Crippen molar-refractivity contribution >= 4 is 39.0 Å². The van der Waals surface area contributed by atoms with Crippen molar-refractivity contribution in [3.8, 4) is 5.75 Å². The van der Waals surface area contributed by atoms with Gasteiger partial charge in [-0.25, -0.2) is 18.4 Å². The first-order valence-electron chi connectivity index (χ1n) is 10.0. The van der Waals surface area contributed by atoms with Crippen molar-refractivity contribution in [2.75, 3.05) is 31.5 Å². The minimum atomic E-state index is -3.06. The van der Waals surface area contributed by atoms with Gasteiger partial charge in [-0.05, 0) is 36.1 Å². The van der Waals surface area contributed by atoms with Crippen LogP contribution in [0.3, 0.4) is 0 Å². The second kappa shape index (κ2) is 10.6. The fraction of sp³-hybridized carbons (Fsp3) is 0.333. The van der Waals surface area contributed by atoms with Crippen molar-refractivity contribution in [2.24, 2.45) is 0 Å². The van der Waals surface area contributed by atoms with E-state index in [-0.39, 0.29) is 18.2 Å². The summed E-state index contributed by atoms with van der Waals surface area (Å²) in [5.74, 6) is 0.634. The first kappa shape index (κ1) is 24.5. The highest BCUT2D eigenvalue weighted by Crippen LogP contribution is 2.31. The topological polar surface area (TPSA) is 128 Å². The maximum Gasteiger partial charge on any atom is 0.251 e. The van der Waals surface area contributed by atoms with Crippen LogP contribution in [0.1, 0.15) is 21.5 Å². The molecule has 0 aliphatic rings. The van der Waals surface area contributed by atoms with Crippen LogP contribution < -0.4 is 15.4 Å². The van der Waals surface area contributed by atoms with E-state index in [9.17, 15) is 13.2 Å². The monoisotopic (exact) mass is 492 g/mol. The lowest BCUT2D eigenvalue weighted by molar-refractivity contribution is 0.0962. The molecule has 2 heterocycles. The number of rotatable bonds is 10. The number of benzene rings is 1. The van der Waals surface area contributed by atoms with Crippen LogP contribution in [-0.4, -0.2) is 60.2 Å². The minimum absolute atomic E-state index is 0.0151. The predicted molar refractivity (Wildman–Crippen MR) is 126 cm³/mol. The summed E-state index contributed by atoms with van der Waals surface area (Å²) in [5, 5.41) is 10.2. The van der Waals surface area contributed by atoms with Crippen molar-refractivity contribution in [1.82, 2.24) is 25.1 Å². The second-order valence-electron chi connectivity index (χ2n) is 7.39. The van der Waals surface area contributed by atoms with Gasteiger partial charge in [-0.2, -0.15) is 5.10 Å². The number of halogens is 1. The number of ether oxygens (including phenoxy) is 1. The molecule has 1 aromatic carbocycles. The zero-order valence-electron chi connectivity index (χ0n) is 18.5. The molecule has 0 radical (unpaired) electrons. The Hall–Kier alpha value is -3.18. The van der Waals surface area contributed by atoms with E-state index >= 15 is 0 Å². The van der Waals surface area contributed by atoms with Gasteiger partial charge >= 0.3 is 0 Å². The normalized spacial score (nSPS) is 11.3. The summed E-state index contributed by atoms with van der Waals surface area (Å²) in [7, 11) is 0.0154. The van der Waals surface area contributed by atoms with Crippen LogP contribution >= 0.6 is 11.6 Å². The second-order valence-corrected chi connectivity index (χ2v) is 10.0. The smallest absolute Gasteiger partial charge is 0.251 e. The molecule has 0 atom stereocenters. The molecule has 2 aromatic heterocycles. The van der Waals surface area contributed by atoms with E-state index in [1.54, 1.807) is 48.6 Å². The van der Waals surface area contributed by atoms with Crippen LogP contribution in [0.25, 0.3) is 0 Å². The lowest BCUT2D eigenvalue weighted by Crippen LogP contribution is -2.18. The Morgan fingerprint density at radius 2 is 1.91 bits per heavy atom. The Labute approximate surface area is 197 Å². The summed E-state index contributed by atoms with van der Waals surface area (Å²) < 4.78 is 29.4. The molecule has 2 N–H and O–H groups in total. The lowest BCUT2D eigenvalue weighted by atomic mass is 10.0. The fourth-order valence-electron chi connectivity index (χ4n) is 3.03. The zero-order chi connectivity index (χ0) is 24.0. The lowest BCUT2D eigenvalue weighted by Gasteiger charge is -2.12. The number of aryl methyl sites for hydroxylation is 3. The minimum Gasteiger partial charge on any atom is -0.495 e. The molecule has 0 aliphatic heterocycles. The molecule has 33 heavy (non-hydrogen) atoms. The van der Waals surface area contributed by atoms with Crippen molar-refractivity contribution in [1.29, 1.82) is 0 Å². The van der Waals surface area contributed by atoms with Crippen LogP contribution in [0, 0.1) is 0 Å². The number of sulfone groups is 1. The van der Waals surface area contributed by atoms with Gasteiger partial charge in [-0.15, -0.1) is 0 Å². The molecule has 176 valence electrons. The maximum absolute atomic E-state index is 12.0. The van der Waals surface area contributed by atoms with Crippen LogP contribution in [0.4, 0.5) is 11.6 Å². The number of nitrogens with one attached hydrogen (secondary N) is 2. The number of nitrogens with zero attached hydrogens (tertiary/aromatic N) is 4. The van der Waals surface area contributed by atoms with Crippen LogP contribution in [0.5, 0.6) is 5.75 Å². The number of hydrogen-bond acceptors (Lipinski definition) is 8. The van der Waals surface area contributed by atoms with Crippen molar-refractivity contribution in [3.63, 3.8) is 0 Å². The number of hydrogen-bond donors (Lipinski definition) is 2. The van der Waals surface area contributed by atoms with Gasteiger partial charge < -0.3 is 15.4 Å². The zero-order valence-corrected chi connectivity index (χ0v) is 20.1. The highest BCUT2D eigenvalue weighted by Gasteiger charge is 2.14. The van der Waals surface area contributed by atoms with E-state index in [1.807, 2.05) is 0 Å². The van der Waals surface area contributed by atoms with Gasteiger partial charge in [0, 0.05) is 37.5 Å². The van der Waals surface area contributed by atoms with Crippen molar-refractivity contribution in [2.45, 2.75) is 19.4 Å². The molecular formula is C21H25ClN6O4S. The summed E-state index contributed by atoms with van der Waals surface area (Å²) in [6.45, 7) is 0.273. The summed E-state index contributed by atoms with van der Waals surface area (Å²) >= 11 is 6.42. The first-order valence-corrected chi connectivity index (χ1v) is 12.5. The maximum atomic E-state index is 12.0. The molecule has 10 nitrogen and oxygen atoms in total. The first-order chi connectivity index (χ1) is 15.7. The number of carbonyl (C=O) groups excluding carboxylic acids is 1. The van der Waals surface area contributed by atoms with E-state index in [2.05, 4.69) is 25.7 Å². The molecular weight excluding hydrogens is 468 g/mol. The molecule has 1 amide bonds. The van der Waals surface area contributed by atoms with E-state index in [0.717, 1.165) is 11.1 Å². The van der Waals surface area contributed by atoms with E-state index in [0.29, 0.717) is 40.8 Å². The van der Waals surface area contributed by atoms with E-state index in [1.165, 1.54) is 13.4 Å². The third-order valence-electron chi connectivity index (χ3n) is 4.79. The molecule has 3 rings (SSSR count). The molecule has 0 fully saturated rings. The average Bonchev–Trinajstić information content (AvgIpc) is 3.24. The molecule has 0 unspecified atom stereocenters. The standard InChI is InChI=1S/C21H25ClN6O4S/c1-23-20(29)16-8-15(19(22)18(9-16)32-2)5-4-14-10-24-21(25-11-14)27-17-12-26-28(13-17)6-7-33(3,30)31/h8-13H,4-7H2,1-3H3,(H,23,29)(H,24,25,27). The Morgan fingerprint density at radius 3 is 2.55 bits per heavy atom. The number of aromatic nitrogens is 4. The molecule has 12 heteroatoms. The van der Waals surface area contributed by atoms with Gasteiger partial charge in [0.25, 0.3) is 5.91 Å².